The number of ether oxygens (including phenoxy) is 2. The fourth-order valence-corrected chi connectivity index (χ4v) is 2.36. The van der Waals surface area contributed by atoms with Gasteiger partial charge in [-0.3, -0.25) is 5.41 Å². The minimum absolute atomic E-state index is 0.0269. The maximum atomic E-state index is 7.55. The minimum Gasteiger partial charge on any atom is -0.497 e. The van der Waals surface area contributed by atoms with Crippen LogP contribution in [0.15, 0.2) is 18.2 Å². The Bertz CT molecular complexity index is 426. The van der Waals surface area contributed by atoms with Crippen LogP contribution in [0.4, 0.5) is 0 Å². The summed E-state index contributed by atoms with van der Waals surface area (Å²) in [5.74, 6) is 2.03. The van der Waals surface area contributed by atoms with E-state index in [0.717, 1.165) is 5.75 Å². The molecule has 1 aromatic carbocycles. The predicted octanol–water partition coefficient (Wildman–Crippen LogP) is 2.55. The molecular formula is C14H20N2O2. The van der Waals surface area contributed by atoms with Crippen LogP contribution in [-0.4, -0.2) is 19.6 Å². The van der Waals surface area contributed by atoms with Gasteiger partial charge in [0.1, 0.15) is 17.3 Å². The normalized spacial score (nSPS) is 15.6. The first-order valence-corrected chi connectivity index (χ1v) is 6.36. The van der Waals surface area contributed by atoms with Crippen LogP contribution in [0.2, 0.25) is 0 Å². The average molecular weight is 248 g/mol. The van der Waals surface area contributed by atoms with Crippen LogP contribution in [0, 0.1) is 11.3 Å². The van der Waals surface area contributed by atoms with E-state index >= 15 is 0 Å². The van der Waals surface area contributed by atoms with Gasteiger partial charge in [-0.15, -0.1) is 0 Å². The van der Waals surface area contributed by atoms with Gasteiger partial charge in [0.05, 0.1) is 19.3 Å². The lowest BCUT2D eigenvalue weighted by atomic mass is 10.1. The second-order valence-electron chi connectivity index (χ2n) is 4.74. The largest absolute Gasteiger partial charge is 0.497 e. The SMILES string of the molecule is COc1ccc(C(=N)N)c(OCC2CCCC2)c1. The molecule has 0 heterocycles. The van der Waals surface area contributed by atoms with Gasteiger partial charge in [-0.05, 0) is 30.9 Å². The van der Waals surface area contributed by atoms with Crippen molar-refractivity contribution in [2.24, 2.45) is 11.7 Å². The molecule has 3 N–H and O–H groups in total. The third kappa shape index (κ3) is 2.94. The molecule has 0 radical (unpaired) electrons. The average Bonchev–Trinajstić information content (AvgIpc) is 2.88. The molecule has 0 atom stereocenters. The van der Waals surface area contributed by atoms with Crippen molar-refractivity contribution in [3.63, 3.8) is 0 Å². The first kappa shape index (κ1) is 12.7. The number of nitrogens with two attached hydrogens (primary N) is 1. The third-order valence-electron chi connectivity index (χ3n) is 3.43. The number of rotatable bonds is 5. The predicted molar refractivity (Wildman–Crippen MR) is 71.5 cm³/mol. The smallest absolute Gasteiger partial charge is 0.133 e. The number of nitrogen functional groups attached to an aromatic ring is 1. The molecule has 1 aliphatic rings. The van der Waals surface area contributed by atoms with E-state index in [9.17, 15) is 0 Å². The summed E-state index contributed by atoms with van der Waals surface area (Å²) < 4.78 is 11.0. The molecule has 4 nitrogen and oxygen atoms in total. The van der Waals surface area contributed by atoms with Crippen LogP contribution in [0.25, 0.3) is 0 Å². The second-order valence-corrected chi connectivity index (χ2v) is 4.74. The standard InChI is InChI=1S/C14H20N2O2/c1-17-11-6-7-12(14(15)16)13(8-11)18-9-10-4-2-3-5-10/h6-8,10H,2-5,9H2,1H3,(H3,15,16). The Balaban J connectivity index is 2.10. The van der Waals surface area contributed by atoms with Crippen LogP contribution < -0.4 is 15.2 Å². The lowest BCUT2D eigenvalue weighted by Gasteiger charge is -2.15. The van der Waals surface area contributed by atoms with Crippen molar-refractivity contribution in [2.75, 3.05) is 13.7 Å². The van der Waals surface area contributed by atoms with Crippen LogP contribution >= 0.6 is 0 Å². The first-order valence-electron chi connectivity index (χ1n) is 6.36. The Hall–Kier alpha value is -1.71. The summed E-state index contributed by atoms with van der Waals surface area (Å²) in [6, 6.07) is 5.36. The summed E-state index contributed by atoms with van der Waals surface area (Å²) >= 11 is 0. The van der Waals surface area contributed by atoms with Crippen molar-refractivity contribution in [3.8, 4) is 11.5 Å². The molecule has 1 aromatic rings. The maximum absolute atomic E-state index is 7.55. The quantitative estimate of drug-likeness (QED) is 0.621. The summed E-state index contributed by atoms with van der Waals surface area (Å²) in [7, 11) is 1.61. The van der Waals surface area contributed by atoms with Gasteiger partial charge in [0.15, 0.2) is 0 Å². The highest BCUT2D eigenvalue weighted by Crippen LogP contribution is 2.28. The number of hydrogen-bond acceptors (Lipinski definition) is 3. The Morgan fingerprint density at radius 1 is 1.39 bits per heavy atom. The summed E-state index contributed by atoms with van der Waals surface area (Å²) in [6.07, 6.45) is 5.07. The van der Waals surface area contributed by atoms with Crippen LogP contribution in [0.1, 0.15) is 31.2 Å². The number of amidine groups is 1. The third-order valence-corrected chi connectivity index (χ3v) is 3.43. The van der Waals surface area contributed by atoms with E-state index in [2.05, 4.69) is 0 Å². The van der Waals surface area contributed by atoms with Crippen LogP contribution in [-0.2, 0) is 0 Å². The monoisotopic (exact) mass is 248 g/mol. The van der Waals surface area contributed by atoms with E-state index < -0.39 is 0 Å². The Morgan fingerprint density at radius 2 is 2.11 bits per heavy atom. The van der Waals surface area contributed by atoms with Gasteiger partial charge >= 0.3 is 0 Å². The lowest BCUT2D eigenvalue weighted by Crippen LogP contribution is -2.15. The fraction of sp³-hybridized carbons (Fsp3) is 0.500. The lowest BCUT2D eigenvalue weighted by molar-refractivity contribution is 0.250. The molecule has 2 rings (SSSR count). The van der Waals surface area contributed by atoms with Crippen LogP contribution in [0.5, 0.6) is 11.5 Å². The van der Waals surface area contributed by atoms with Crippen molar-refractivity contribution in [3.05, 3.63) is 23.8 Å². The molecule has 0 bridgehead atoms. The van der Waals surface area contributed by atoms with E-state index in [-0.39, 0.29) is 5.84 Å². The Labute approximate surface area is 108 Å². The molecule has 0 unspecified atom stereocenters. The highest BCUT2D eigenvalue weighted by atomic mass is 16.5. The fourth-order valence-electron chi connectivity index (χ4n) is 2.36. The molecule has 0 aromatic heterocycles. The Morgan fingerprint density at radius 3 is 2.72 bits per heavy atom. The number of methoxy groups -OCH3 is 1. The Kier molecular flexibility index (Phi) is 4.07. The maximum Gasteiger partial charge on any atom is 0.133 e. The van der Waals surface area contributed by atoms with Crippen LogP contribution in [0.3, 0.4) is 0 Å². The van der Waals surface area contributed by atoms with Crippen molar-refractivity contribution in [2.45, 2.75) is 25.7 Å². The number of hydrogen-bond donors (Lipinski definition) is 2. The molecule has 1 fully saturated rings. The zero-order valence-electron chi connectivity index (χ0n) is 10.7. The molecule has 0 aliphatic heterocycles. The van der Waals surface area contributed by atoms with Crippen molar-refractivity contribution in [1.29, 1.82) is 5.41 Å². The summed E-state index contributed by atoms with van der Waals surface area (Å²) in [4.78, 5) is 0. The molecular weight excluding hydrogens is 228 g/mol. The van der Waals surface area contributed by atoms with E-state index in [1.165, 1.54) is 25.7 Å². The van der Waals surface area contributed by atoms with Crippen molar-refractivity contribution < 1.29 is 9.47 Å². The highest BCUT2D eigenvalue weighted by Gasteiger charge is 2.17. The van der Waals surface area contributed by atoms with Gasteiger partial charge in [-0.2, -0.15) is 0 Å². The first-order chi connectivity index (χ1) is 8.70. The molecule has 18 heavy (non-hydrogen) atoms. The number of nitrogens with one attached hydrogen (secondary N) is 1. The van der Waals surface area contributed by atoms with Gasteiger partial charge in [0.2, 0.25) is 0 Å². The topological polar surface area (TPSA) is 68.3 Å². The van der Waals surface area contributed by atoms with E-state index in [1.54, 1.807) is 25.3 Å². The summed E-state index contributed by atoms with van der Waals surface area (Å²) in [5, 5.41) is 7.55. The molecule has 4 heteroatoms. The van der Waals surface area contributed by atoms with Gasteiger partial charge in [-0.1, -0.05) is 12.8 Å². The molecule has 1 saturated carbocycles. The van der Waals surface area contributed by atoms with Gasteiger partial charge in [0, 0.05) is 6.07 Å². The van der Waals surface area contributed by atoms with Gasteiger partial charge < -0.3 is 15.2 Å². The van der Waals surface area contributed by atoms with Gasteiger partial charge in [0.25, 0.3) is 0 Å². The summed E-state index contributed by atoms with van der Waals surface area (Å²) in [6.45, 7) is 0.702. The van der Waals surface area contributed by atoms with E-state index in [4.69, 9.17) is 20.6 Å². The van der Waals surface area contributed by atoms with E-state index in [0.29, 0.717) is 23.8 Å². The molecule has 0 spiro atoms. The zero-order chi connectivity index (χ0) is 13.0. The zero-order valence-corrected chi connectivity index (χ0v) is 10.7. The highest BCUT2D eigenvalue weighted by molar-refractivity contribution is 5.97. The van der Waals surface area contributed by atoms with Gasteiger partial charge in [-0.25, -0.2) is 0 Å². The molecule has 98 valence electrons. The molecule has 0 amide bonds. The molecule has 1 aliphatic carbocycles. The summed E-state index contributed by atoms with van der Waals surface area (Å²) in [5.41, 5.74) is 6.19. The second kappa shape index (κ2) is 5.76. The van der Waals surface area contributed by atoms with Crippen molar-refractivity contribution in [1.82, 2.24) is 0 Å². The number of benzene rings is 1. The minimum atomic E-state index is 0.0269. The van der Waals surface area contributed by atoms with E-state index in [1.807, 2.05) is 0 Å². The van der Waals surface area contributed by atoms with Crippen molar-refractivity contribution >= 4 is 5.84 Å². The molecule has 0 saturated heterocycles.